The number of aliphatic hydroxyl groups excluding tert-OH is 1. The Morgan fingerprint density at radius 1 is 1.31 bits per heavy atom. The van der Waals surface area contributed by atoms with E-state index < -0.39 is 35.0 Å². The maximum absolute atomic E-state index is 13.8. The van der Waals surface area contributed by atoms with Crippen molar-refractivity contribution in [2.24, 2.45) is 0 Å². The molecule has 2 aromatic rings. The van der Waals surface area contributed by atoms with Crippen molar-refractivity contribution < 1.29 is 32.9 Å². The van der Waals surface area contributed by atoms with Gasteiger partial charge in [0.1, 0.15) is 5.56 Å². The molecule has 0 saturated heterocycles. The van der Waals surface area contributed by atoms with Crippen LogP contribution in [0, 0.1) is 6.92 Å². The predicted octanol–water partition coefficient (Wildman–Crippen LogP) is 3.64. The number of carboxylic acids is 1. The number of hydrogen-bond donors (Lipinski definition) is 3. The molecule has 8 nitrogen and oxygen atoms in total. The van der Waals surface area contributed by atoms with Gasteiger partial charge in [0.2, 0.25) is 5.88 Å². The van der Waals surface area contributed by atoms with Crippen LogP contribution in [-0.2, 0) is 11.7 Å². The summed E-state index contributed by atoms with van der Waals surface area (Å²) in [4.78, 5) is 15.2. The Labute approximate surface area is 165 Å². The lowest BCUT2D eigenvalue weighted by molar-refractivity contribution is -0.138. The number of alkyl halides is 3. The van der Waals surface area contributed by atoms with Gasteiger partial charge in [-0.2, -0.15) is 18.3 Å². The summed E-state index contributed by atoms with van der Waals surface area (Å²) in [6.45, 7) is 7.65. The van der Waals surface area contributed by atoms with Gasteiger partial charge in [0.15, 0.2) is 11.4 Å². The number of anilines is 1. The van der Waals surface area contributed by atoms with Crippen molar-refractivity contribution in [3.63, 3.8) is 0 Å². The Kier molecular flexibility index (Phi) is 6.12. The highest BCUT2D eigenvalue weighted by molar-refractivity contribution is 5.87. The Morgan fingerprint density at radius 2 is 1.93 bits per heavy atom. The van der Waals surface area contributed by atoms with Crippen LogP contribution in [0.5, 0.6) is 11.6 Å². The number of hydrogen-bond acceptors (Lipinski definition) is 6. The molecule has 0 amide bonds. The summed E-state index contributed by atoms with van der Waals surface area (Å²) >= 11 is 0. The summed E-state index contributed by atoms with van der Waals surface area (Å²) in [5.41, 5.74) is -2.48. The van der Waals surface area contributed by atoms with Crippen LogP contribution in [0.2, 0.25) is 0 Å². The molecule has 3 N–H and O–H groups in total. The summed E-state index contributed by atoms with van der Waals surface area (Å²) in [5, 5.41) is 25.0. The van der Waals surface area contributed by atoms with Crippen LogP contribution in [0.1, 0.15) is 49.3 Å². The number of carboxylic acid groups (broad SMARTS) is 1. The first-order valence-electron chi connectivity index (χ1n) is 8.71. The van der Waals surface area contributed by atoms with Gasteiger partial charge in [-0.3, -0.25) is 4.98 Å². The van der Waals surface area contributed by atoms with Crippen molar-refractivity contribution in [2.45, 2.75) is 52.4 Å². The summed E-state index contributed by atoms with van der Waals surface area (Å²) in [6.07, 6.45) is -2.91. The minimum atomic E-state index is -4.80. The van der Waals surface area contributed by atoms with E-state index in [2.05, 4.69) is 15.4 Å². The monoisotopic (exact) mass is 416 g/mol. The molecule has 2 rings (SSSR count). The van der Waals surface area contributed by atoms with Crippen LogP contribution in [-0.4, -0.2) is 43.6 Å². The van der Waals surface area contributed by atoms with Gasteiger partial charge in [-0.05, 0) is 34.6 Å². The molecule has 2 aromatic heterocycles. The number of nitrogens with zero attached hydrogens (tertiary/aromatic N) is 3. The number of aliphatic hydroxyl groups is 1. The highest BCUT2D eigenvalue weighted by Crippen LogP contribution is 2.43. The van der Waals surface area contributed by atoms with Gasteiger partial charge in [-0.15, -0.1) is 0 Å². The first-order chi connectivity index (χ1) is 13.3. The smallest absolute Gasteiger partial charge is 0.422 e. The van der Waals surface area contributed by atoms with Gasteiger partial charge < -0.3 is 20.3 Å². The molecule has 0 aliphatic heterocycles. The average molecular weight is 416 g/mol. The van der Waals surface area contributed by atoms with E-state index in [1.807, 2.05) is 0 Å². The number of pyridine rings is 1. The molecule has 0 aromatic carbocycles. The van der Waals surface area contributed by atoms with E-state index in [0.717, 1.165) is 12.4 Å². The van der Waals surface area contributed by atoms with Gasteiger partial charge in [-0.25, -0.2) is 9.48 Å². The summed E-state index contributed by atoms with van der Waals surface area (Å²) in [5.74, 6) is -2.07. The number of aromatic carboxylic acids is 1. The SMILES string of the molecule is Cc1c(C(=O)O)nn(C(C)(C)C)c1Oc1cncc(NC(C)CO)c1C(F)(F)F. The molecule has 0 fully saturated rings. The van der Waals surface area contributed by atoms with Gasteiger partial charge in [-0.1, -0.05) is 0 Å². The van der Waals surface area contributed by atoms with Crippen molar-refractivity contribution in [1.82, 2.24) is 14.8 Å². The van der Waals surface area contributed by atoms with Crippen LogP contribution in [0.25, 0.3) is 0 Å². The fourth-order valence-electron chi connectivity index (χ4n) is 2.59. The molecular formula is C18H23F3N4O4. The molecule has 0 saturated carbocycles. The molecule has 1 atom stereocenters. The van der Waals surface area contributed by atoms with E-state index in [0.29, 0.717) is 0 Å². The predicted molar refractivity (Wildman–Crippen MR) is 98.4 cm³/mol. The third-order valence-corrected chi connectivity index (χ3v) is 3.98. The zero-order valence-electron chi connectivity index (χ0n) is 16.6. The average Bonchev–Trinajstić information content (AvgIpc) is 2.91. The Hall–Kier alpha value is -2.82. The van der Waals surface area contributed by atoms with E-state index in [4.69, 9.17) is 9.84 Å². The van der Waals surface area contributed by atoms with Crippen LogP contribution in [0.15, 0.2) is 12.4 Å². The fraction of sp³-hybridized carbons (Fsp3) is 0.500. The Bertz CT molecular complexity index is 904. The third kappa shape index (κ3) is 4.78. The normalized spacial score (nSPS) is 13.3. The minimum absolute atomic E-state index is 0.0858. The van der Waals surface area contributed by atoms with Crippen molar-refractivity contribution in [1.29, 1.82) is 0 Å². The van der Waals surface area contributed by atoms with Crippen LogP contribution in [0.3, 0.4) is 0 Å². The lowest BCUT2D eigenvalue weighted by Crippen LogP contribution is -2.25. The zero-order valence-corrected chi connectivity index (χ0v) is 16.6. The van der Waals surface area contributed by atoms with E-state index in [9.17, 15) is 23.1 Å². The topological polar surface area (TPSA) is 110 Å². The summed E-state index contributed by atoms with van der Waals surface area (Å²) < 4.78 is 48.2. The molecule has 0 spiro atoms. The number of nitrogens with one attached hydrogen (secondary N) is 1. The van der Waals surface area contributed by atoms with Crippen molar-refractivity contribution >= 4 is 11.7 Å². The van der Waals surface area contributed by atoms with Crippen molar-refractivity contribution in [3.8, 4) is 11.6 Å². The fourth-order valence-corrected chi connectivity index (χ4v) is 2.59. The number of aromatic nitrogens is 3. The first-order valence-corrected chi connectivity index (χ1v) is 8.71. The Balaban J connectivity index is 2.66. The van der Waals surface area contributed by atoms with Crippen molar-refractivity contribution in [2.75, 3.05) is 11.9 Å². The zero-order chi connectivity index (χ0) is 22.1. The second-order valence-electron chi connectivity index (χ2n) is 7.55. The number of rotatable bonds is 6. The standard InChI is InChI=1S/C18H23F3N4O4/c1-9(8-26)23-11-6-22-7-12(13(11)18(19,20)21)29-15-10(2)14(16(27)28)24-25(15)17(3,4)5/h6-7,9,23,26H,8H2,1-5H3,(H,27,28). The van der Waals surface area contributed by atoms with Crippen LogP contribution < -0.4 is 10.1 Å². The van der Waals surface area contributed by atoms with Crippen LogP contribution in [0.4, 0.5) is 18.9 Å². The van der Waals surface area contributed by atoms with Crippen molar-refractivity contribution in [3.05, 3.63) is 29.2 Å². The van der Waals surface area contributed by atoms with E-state index >= 15 is 0 Å². The maximum atomic E-state index is 13.8. The van der Waals surface area contributed by atoms with E-state index in [-0.39, 0.29) is 29.4 Å². The number of halogens is 3. The second-order valence-corrected chi connectivity index (χ2v) is 7.55. The largest absolute Gasteiger partial charge is 0.476 e. The van der Waals surface area contributed by atoms with Gasteiger partial charge >= 0.3 is 12.1 Å². The molecule has 0 bridgehead atoms. The molecule has 2 heterocycles. The van der Waals surface area contributed by atoms with Gasteiger partial charge in [0, 0.05) is 11.6 Å². The lowest BCUT2D eigenvalue weighted by Gasteiger charge is -2.24. The van der Waals surface area contributed by atoms with E-state index in [1.54, 1.807) is 20.8 Å². The maximum Gasteiger partial charge on any atom is 0.422 e. The molecule has 0 aliphatic rings. The molecule has 1 unspecified atom stereocenters. The second kappa shape index (κ2) is 7.90. The molecule has 0 aliphatic carbocycles. The molecule has 11 heteroatoms. The lowest BCUT2D eigenvalue weighted by atomic mass is 10.1. The number of ether oxygens (including phenoxy) is 1. The molecule has 29 heavy (non-hydrogen) atoms. The minimum Gasteiger partial charge on any atom is -0.476 e. The quantitative estimate of drug-likeness (QED) is 0.659. The highest BCUT2D eigenvalue weighted by Gasteiger charge is 2.39. The van der Waals surface area contributed by atoms with Gasteiger partial charge in [0.05, 0.1) is 30.2 Å². The highest BCUT2D eigenvalue weighted by atomic mass is 19.4. The van der Waals surface area contributed by atoms with E-state index in [1.165, 1.54) is 18.5 Å². The molecule has 160 valence electrons. The molecule has 0 radical (unpaired) electrons. The Morgan fingerprint density at radius 3 is 2.41 bits per heavy atom. The molecular weight excluding hydrogens is 393 g/mol. The van der Waals surface area contributed by atoms with Crippen LogP contribution >= 0.6 is 0 Å². The summed E-state index contributed by atoms with van der Waals surface area (Å²) in [6, 6.07) is -0.659. The first kappa shape index (κ1) is 22.5. The third-order valence-electron chi connectivity index (χ3n) is 3.98. The van der Waals surface area contributed by atoms with Gasteiger partial charge in [0.25, 0.3) is 0 Å². The summed E-state index contributed by atoms with van der Waals surface area (Å²) in [7, 11) is 0. The number of carbonyl (C=O) groups is 1.